The summed E-state index contributed by atoms with van der Waals surface area (Å²) in [7, 11) is 0. The van der Waals surface area contributed by atoms with Crippen LogP contribution in [-0.2, 0) is 0 Å². The van der Waals surface area contributed by atoms with Crippen molar-refractivity contribution in [3.05, 3.63) is 21.2 Å². The molecule has 0 spiro atoms. The van der Waals surface area contributed by atoms with Crippen molar-refractivity contribution in [3.8, 4) is 0 Å². The van der Waals surface area contributed by atoms with E-state index < -0.39 is 0 Å². The molecule has 0 nitrogen and oxygen atoms in total. The highest BCUT2D eigenvalue weighted by molar-refractivity contribution is 7.07. The monoisotopic (exact) mass is 136 g/mol. The molecule has 46 valence electrons. The lowest BCUT2D eigenvalue weighted by atomic mass is 10.2. The Morgan fingerprint density at radius 1 is 1.22 bits per heavy atom. The lowest BCUT2D eigenvalue weighted by molar-refractivity contribution is 1.13. The van der Waals surface area contributed by atoms with E-state index in [2.05, 4.69) is 23.6 Å². The molecule has 1 aliphatic rings. The van der Waals surface area contributed by atoms with Gasteiger partial charge in [0.2, 0.25) is 0 Å². The highest BCUT2D eigenvalue weighted by Gasteiger charge is 1.90. The van der Waals surface area contributed by atoms with Gasteiger partial charge < -0.3 is 0 Å². The van der Waals surface area contributed by atoms with Crippen molar-refractivity contribution in [2.75, 3.05) is 0 Å². The second-order valence-corrected chi connectivity index (χ2v) is 3.17. The van der Waals surface area contributed by atoms with E-state index >= 15 is 0 Å². The zero-order valence-corrected chi connectivity index (χ0v) is 5.95. The number of hydrogen-bond donors (Lipinski definition) is 0. The molecule has 9 heavy (non-hydrogen) atoms. The van der Waals surface area contributed by atoms with E-state index in [1.165, 1.54) is 22.6 Å². The van der Waals surface area contributed by atoms with Gasteiger partial charge >= 0.3 is 0 Å². The van der Waals surface area contributed by atoms with Crippen molar-refractivity contribution in [2.24, 2.45) is 0 Å². The Kier molecular flexibility index (Phi) is 1.16. The third-order valence-electron chi connectivity index (χ3n) is 1.59. The first-order valence-electron chi connectivity index (χ1n) is 3.21. The van der Waals surface area contributed by atoms with Crippen LogP contribution in [0.25, 0.3) is 12.2 Å². The third kappa shape index (κ3) is 0.815. The fraction of sp³-hybridized carbons (Fsp3) is 0.250. The van der Waals surface area contributed by atoms with Crippen LogP contribution < -0.4 is 9.75 Å². The van der Waals surface area contributed by atoms with E-state index in [1.54, 1.807) is 0 Å². The number of rotatable bonds is 0. The summed E-state index contributed by atoms with van der Waals surface area (Å²) in [5.74, 6) is 0. The summed E-state index contributed by atoms with van der Waals surface area (Å²) in [5.41, 5.74) is 0. The van der Waals surface area contributed by atoms with Crippen LogP contribution in [0.5, 0.6) is 0 Å². The first kappa shape index (κ1) is 5.24. The molecule has 0 atom stereocenters. The second kappa shape index (κ2) is 1.99. The van der Waals surface area contributed by atoms with Crippen LogP contribution in [0.4, 0.5) is 0 Å². The molecular weight excluding hydrogens is 128 g/mol. The molecule has 0 bridgehead atoms. The van der Waals surface area contributed by atoms with Gasteiger partial charge in [-0.15, -0.1) is 11.3 Å². The quantitative estimate of drug-likeness (QED) is 0.501. The van der Waals surface area contributed by atoms with Crippen molar-refractivity contribution in [1.29, 1.82) is 0 Å². The zero-order valence-electron chi connectivity index (χ0n) is 5.13. The maximum absolute atomic E-state index is 2.32. The highest BCUT2D eigenvalue weighted by Crippen LogP contribution is 1.96. The van der Waals surface area contributed by atoms with Crippen LogP contribution in [0.1, 0.15) is 12.8 Å². The van der Waals surface area contributed by atoms with Crippen LogP contribution in [0, 0.1) is 0 Å². The lowest BCUT2D eigenvalue weighted by Gasteiger charge is -1.90. The summed E-state index contributed by atoms with van der Waals surface area (Å²) in [6, 6.07) is 2.19. The first-order chi connectivity index (χ1) is 4.47. The van der Waals surface area contributed by atoms with E-state index in [0.717, 1.165) is 0 Å². The van der Waals surface area contributed by atoms with Crippen molar-refractivity contribution < 1.29 is 0 Å². The Hall–Kier alpha value is -0.560. The van der Waals surface area contributed by atoms with Gasteiger partial charge in [0.1, 0.15) is 0 Å². The molecule has 0 aliphatic heterocycles. The molecule has 0 aromatic carbocycles. The van der Waals surface area contributed by atoms with Crippen molar-refractivity contribution in [2.45, 2.75) is 12.8 Å². The largest absolute Gasteiger partial charge is 0.144 e. The molecular formula is C8H8S. The molecule has 1 aliphatic carbocycles. The summed E-state index contributed by atoms with van der Waals surface area (Å²) < 4.78 is 1.46. The third-order valence-corrected chi connectivity index (χ3v) is 2.52. The number of hydrogen-bond acceptors (Lipinski definition) is 1. The van der Waals surface area contributed by atoms with Gasteiger partial charge in [0, 0.05) is 4.53 Å². The average Bonchev–Trinajstić information content (AvgIpc) is 2.33. The molecule has 1 aromatic rings. The van der Waals surface area contributed by atoms with Gasteiger partial charge in [-0.25, -0.2) is 0 Å². The molecule has 1 heterocycles. The second-order valence-electron chi connectivity index (χ2n) is 2.23. The van der Waals surface area contributed by atoms with Gasteiger partial charge in [0.15, 0.2) is 0 Å². The molecule has 1 heteroatoms. The van der Waals surface area contributed by atoms with Gasteiger partial charge in [-0.1, -0.05) is 12.2 Å². The fourth-order valence-corrected chi connectivity index (χ4v) is 1.98. The first-order valence-corrected chi connectivity index (χ1v) is 4.09. The average molecular weight is 136 g/mol. The standard InChI is InChI=1S/C8H8S/c1-2-4-8-7(3-1)5-6-9-8/h3-6H,1-2H2. The maximum Gasteiger partial charge on any atom is 0.0299 e. The highest BCUT2D eigenvalue weighted by atomic mass is 32.1. The molecule has 2 rings (SSSR count). The predicted molar refractivity (Wildman–Crippen MR) is 41.7 cm³/mol. The molecule has 0 saturated carbocycles. The van der Waals surface area contributed by atoms with Crippen LogP contribution in [-0.4, -0.2) is 0 Å². The van der Waals surface area contributed by atoms with Crippen LogP contribution in [0.15, 0.2) is 11.4 Å². The van der Waals surface area contributed by atoms with E-state index in [9.17, 15) is 0 Å². The number of thiophene rings is 1. The molecule has 0 radical (unpaired) electrons. The molecule has 0 saturated heterocycles. The van der Waals surface area contributed by atoms with Gasteiger partial charge in [-0.05, 0) is 29.5 Å². The van der Waals surface area contributed by atoms with E-state index in [-0.39, 0.29) is 0 Å². The molecule has 1 aromatic heterocycles. The van der Waals surface area contributed by atoms with E-state index in [4.69, 9.17) is 0 Å². The zero-order chi connectivity index (χ0) is 6.10. The normalized spacial score (nSPS) is 15.6. The van der Waals surface area contributed by atoms with Crippen molar-refractivity contribution in [1.82, 2.24) is 0 Å². The Balaban J connectivity index is 2.89. The molecule has 0 N–H and O–H groups in total. The SMILES string of the molecule is C1=c2ccsc2=CCC1. The summed E-state index contributed by atoms with van der Waals surface area (Å²) in [6.07, 6.45) is 7.09. The maximum atomic E-state index is 2.32. The van der Waals surface area contributed by atoms with E-state index in [0.29, 0.717) is 0 Å². The van der Waals surface area contributed by atoms with Crippen LogP contribution in [0.3, 0.4) is 0 Å². The molecule has 0 fully saturated rings. The summed E-state index contributed by atoms with van der Waals surface area (Å²) in [4.78, 5) is 0. The van der Waals surface area contributed by atoms with Gasteiger partial charge in [0.25, 0.3) is 0 Å². The summed E-state index contributed by atoms with van der Waals surface area (Å²) in [6.45, 7) is 0. The summed E-state index contributed by atoms with van der Waals surface area (Å²) >= 11 is 1.84. The number of fused-ring (bicyclic) bond motifs is 1. The van der Waals surface area contributed by atoms with Gasteiger partial charge in [0.05, 0.1) is 0 Å². The van der Waals surface area contributed by atoms with Crippen LogP contribution in [0.2, 0.25) is 0 Å². The topological polar surface area (TPSA) is 0 Å². The van der Waals surface area contributed by atoms with Gasteiger partial charge in [-0.3, -0.25) is 0 Å². The minimum atomic E-state index is 1.23. The minimum absolute atomic E-state index is 1.23. The van der Waals surface area contributed by atoms with Crippen molar-refractivity contribution >= 4 is 23.5 Å². The van der Waals surface area contributed by atoms with Crippen LogP contribution >= 0.6 is 11.3 Å². The smallest absolute Gasteiger partial charge is 0.0299 e. The summed E-state index contributed by atoms with van der Waals surface area (Å²) in [5, 5.41) is 3.59. The Morgan fingerprint density at radius 3 is 3.00 bits per heavy atom. The Bertz CT molecular complexity index is 275. The Labute approximate surface area is 58.1 Å². The van der Waals surface area contributed by atoms with E-state index in [1.807, 2.05) is 11.3 Å². The molecule has 0 amide bonds. The van der Waals surface area contributed by atoms with Gasteiger partial charge in [-0.2, -0.15) is 0 Å². The minimum Gasteiger partial charge on any atom is -0.144 e. The predicted octanol–water partition coefficient (Wildman–Crippen LogP) is 1.10. The lowest BCUT2D eigenvalue weighted by Crippen LogP contribution is -2.19. The van der Waals surface area contributed by atoms with Crippen molar-refractivity contribution in [3.63, 3.8) is 0 Å². The molecule has 0 unspecified atom stereocenters. The Morgan fingerprint density at radius 2 is 2.11 bits per heavy atom. The fourth-order valence-electron chi connectivity index (χ4n) is 1.12.